The van der Waals surface area contributed by atoms with Gasteiger partial charge in [-0.25, -0.2) is 4.79 Å². The van der Waals surface area contributed by atoms with Crippen LogP contribution in [0.5, 0.6) is 0 Å². The minimum atomic E-state index is -1.16. The number of hydrogen-bond donors (Lipinski definition) is 3. The molecule has 2 aromatic carbocycles. The number of piperazine rings is 1. The van der Waals surface area contributed by atoms with Gasteiger partial charge in [0.15, 0.2) is 0 Å². The summed E-state index contributed by atoms with van der Waals surface area (Å²) >= 11 is 0. The predicted molar refractivity (Wildman–Crippen MR) is 123 cm³/mol. The van der Waals surface area contributed by atoms with E-state index in [1.165, 1.54) is 4.90 Å². The van der Waals surface area contributed by atoms with Crippen molar-refractivity contribution in [2.75, 3.05) is 26.2 Å². The van der Waals surface area contributed by atoms with Crippen molar-refractivity contribution in [3.8, 4) is 11.1 Å². The number of alkyl carbamates (subject to hydrolysis) is 1. The van der Waals surface area contributed by atoms with Gasteiger partial charge in [-0.15, -0.1) is 0 Å². The summed E-state index contributed by atoms with van der Waals surface area (Å²) in [7, 11) is 0. The summed E-state index contributed by atoms with van der Waals surface area (Å²) in [6.45, 7) is 2.27. The lowest BCUT2D eigenvalue weighted by Crippen LogP contribution is -2.59. The van der Waals surface area contributed by atoms with Crippen molar-refractivity contribution in [3.05, 3.63) is 59.7 Å². The average Bonchev–Trinajstić information content (AvgIpc) is 3.15. The molecule has 0 radical (unpaired) electrons. The van der Waals surface area contributed by atoms with Crippen LogP contribution in [-0.2, 0) is 19.1 Å². The largest absolute Gasteiger partial charge is 0.481 e. The van der Waals surface area contributed by atoms with Crippen LogP contribution in [0.4, 0.5) is 4.79 Å². The van der Waals surface area contributed by atoms with E-state index in [2.05, 4.69) is 22.8 Å². The number of nitrogens with zero attached hydrogens (tertiary/aromatic N) is 1. The van der Waals surface area contributed by atoms with Crippen molar-refractivity contribution < 1.29 is 29.0 Å². The first kappa shape index (κ1) is 23.3. The molecule has 0 spiro atoms. The minimum Gasteiger partial charge on any atom is -0.481 e. The van der Waals surface area contributed by atoms with Gasteiger partial charge in [0, 0.05) is 25.6 Å². The molecule has 0 aromatic heterocycles. The number of ether oxygens (including phenoxy) is 1. The highest BCUT2D eigenvalue weighted by Gasteiger charge is 2.36. The van der Waals surface area contributed by atoms with E-state index in [1.807, 2.05) is 36.4 Å². The molecule has 178 valence electrons. The highest BCUT2D eigenvalue weighted by Crippen LogP contribution is 2.44. The normalized spacial score (nSPS) is 17.9. The number of benzene rings is 2. The molecular formula is C25H27N3O6. The van der Waals surface area contributed by atoms with Crippen molar-refractivity contribution in [2.24, 2.45) is 5.92 Å². The van der Waals surface area contributed by atoms with Gasteiger partial charge in [0.2, 0.25) is 11.8 Å². The third-order valence-corrected chi connectivity index (χ3v) is 6.30. The summed E-state index contributed by atoms with van der Waals surface area (Å²) in [5.74, 6) is -2.76. The first-order chi connectivity index (χ1) is 16.4. The number of nitrogens with one attached hydrogen (secondary N) is 2. The summed E-state index contributed by atoms with van der Waals surface area (Å²) in [6.07, 6.45) is -1.11. The number of aliphatic carboxylic acids is 1. The molecule has 1 heterocycles. The number of hydrogen-bond acceptors (Lipinski definition) is 5. The fourth-order valence-electron chi connectivity index (χ4n) is 4.60. The monoisotopic (exact) mass is 465 g/mol. The Morgan fingerprint density at radius 1 is 1.12 bits per heavy atom. The summed E-state index contributed by atoms with van der Waals surface area (Å²) < 4.78 is 5.49. The van der Waals surface area contributed by atoms with Gasteiger partial charge < -0.3 is 25.4 Å². The number of carboxylic acids is 1. The van der Waals surface area contributed by atoms with Crippen LogP contribution in [0.3, 0.4) is 0 Å². The second-order valence-electron chi connectivity index (χ2n) is 8.54. The Balaban J connectivity index is 1.32. The quantitative estimate of drug-likeness (QED) is 0.574. The first-order valence-electron chi connectivity index (χ1n) is 11.3. The molecule has 2 aliphatic rings. The minimum absolute atomic E-state index is 0.00736. The molecule has 9 heteroatoms. The second-order valence-corrected chi connectivity index (χ2v) is 8.54. The van der Waals surface area contributed by atoms with E-state index in [1.54, 1.807) is 6.92 Å². The number of rotatable bonds is 7. The molecule has 1 fully saturated rings. The number of carboxylic acid groups (broad SMARTS) is 1. The molecular weight excluding hydrogens is 438 g/mol. The number of carbonyl (C=O) groups is 4. The predicted octanol–water partition coefficient (Wildman–Crippen LogP) is 1.96. The second kappa shape index (κ2) is 9.94. The molecule has 9 nitrogen and oxygen atoms in total. The van der Waals surface area contributed by atoms with Crippen LogP contribution in [0.1, 0.15) is 30.4 Å². The summed E-state index contributed by atoms with van der Waals surface area (Å²) in [5, 5.41) is 14.3. The Morgan fingerprint density at radius 2 is 1.74 bits per heavy atom. The fourth-order valence-corrected chi connectivity index (χ4v) is 4.60. The lowest BCUT2D eigenvalue weighted by Gasteiger charge is -2.35. The SMILES string of the molecule is CC(CNC(=O)OCC1c2ccccc2-c2ccccc21)C(=O)N1CCNC(=O)C1CC(=O)O. The standard InChI is InChI=1S/C25H27N3O6/c1-15(24(32)28-11-10-26-23(31)21(28)12-22(29)30)13-27-25(33)34-14-20-18-8-4-2-6-16(18)17-7-3-5-9-19(17)20/h2-9,15,20-21H,10-14H2,1H3,(H,26,31)(H,27,33)(H,29,30). The molecule has 1 aliphatic heterocycles. The van der Waals surface area contributed by atoms with Crippen molar-refractivity contribution in [3.63, 3.8) is 0 Å². The van der Waals surface area contributed by atoms with E-state index in [9.17, 15) is 19.2 Å². The molecule has 0 saturated carbocycles. The van der Waals surface area contributed by atoms with Gasteiger partial charge in [-0.1, -0.05) is 55.5 Å². The van der Waals surface area contributed by atoms with Crippen LogP contribution in [0.15, 0.2) is 48.5 Å². The van der Waals surface area contributed by atoms with E-state index in [4.69, 9.17) is 9.84 Å². The molecule has 1 saturated heterocycles. The van der Waals surface area contributed by atoms with E-state index in [-0.39, 0.29) is 38.1 Å². The molecule has 2 aromatic rings. The Hall–Kier alpha value is -3.88. The van der Waals surface area contributed by atoms with Crippen molar-refractivity contribution in [1.29, 1.82) is 0 Å². The highest BCUT2D eigenvalue weighted by molar-refractivity contribution is 5.92. The third-order valence-electron chi connectivity index (χ3n) is 6.30. The number of fused-ring (bicyclic) bond motifs is 3. The van der Waals surface area contributed by atoms with Gasteiger partial charge in [0.1, 0.15) is 12.6 Å². The van der Waals surface area contributed by atoms with Crippen LogP contribution in [0, 0.1) is 5.92 Å². The van der Waals surface area contributed by atoms with Crippen LogP contribution in [-0.4, -0.2) is 66.2 Å². The molecule has 1 aliphatic carbocycles. The van der Waals surface area contributed by atoms with Crippen LogP contribution in [0.25, 0.3) is 11.1 Å². The maximum Gasteiger partial charge on any atom is 0.407 e. The van der Waals surface area contributed by atoms with Crippen LogP contribution < -0.4 is 10.6 Å². The molecule has 34 heavy (non-hydrogen) atoms. The summed E-state index contributed by atoms with van der Waals surface area (Å²) in [6, 6.07) is 15.0. The van der Waals surface area contributed by atoms with Gasteiger partial charge in [-0.3, -0.25) is 14.4 Å². The van der Waals surface area contributed by atoms with Crippen molar-refractivity contribution in [1.82, 2.24) is 15.5 Å². The van der Waals surface area contributed by atoms with E-state index < -0.39 is 36.4 Å². The maximum atomic E-state index is 12.9. The lowest BCUT2D eigenvalue weighted by atomic mass is 9.98. The number of amides is 3. The van der Waals surface area contributed by atoms with Crippen LogP contribution >= 0.6 is 0 Å². The molecule has 2 unspecified atom stereocenters. The Morgan fingerprint density at radius 3 is 2.35 bits per heavy atom. The van der Waals surface area contributed by atoms with Gasteiger partial charge >= 0.3 is 12.1 Å². The zero-order valence-corrected chi connectivity index (χ0v) is 18.8. The number of carbonyl (C=O) groups excluding carboxylic acids is 3. The van der Waals surface area contributed by atoms with E-state index in [0.717, 1.165) is 22.3 Å². The van der Waals surface area contributed by atoms with Gasteiger partial charge in [-0.05, 0) is 22.3 Å². The Kier molecular flexibility index (Phi) is 6.81. The zero-order chi connectivity index (χ0) is 24.2. The smallest absolute Gasteiger partial charge is 0.407 e. The van der Waals surface area contributed by atoms with Crippen molar-refractivity contribution >= 4 is 23.9 Å². The van der Waals surface area contributed by atoms with Gasteiger partial charge in [0.25, 0.3) is 0 Å². The Bertz CT molecular complexity index is 1070. The topological polar surface area (TPSA) is 125 Å². The summed E-state index contributed by atoms with van der Waals surface area (Å²) in [4.78, 5) is 49.7. The van der Waals surface area contributed by atoms with Crippen LogP contribution in [0.2, 0.25) is 0 Å². The molecule has 0 bridgehead atoms. The fraction of sp³-hybridized carbons (Fsp3) is 0.360. The van der Waals surface area contributed by atoms with Gasteiger partial charge in [-0.2, -0.15) is 0 Å². The van der Waals surface area contributed by atoms with E-state index in [0.29, 0.717) is 0 Å². The molecule has 3 N–H and O–H groups in total. The molecule has 2 atom stereocenters. The van der Waals surface area contributed by atoms with E-state index >= 15 is 0 Å². The third kappa shape index (κ3) is 4.73. The highest BCUT2D eigenvalue weighted by atomic mass is 16.5. The van der Waals surface area contributed by atoms with Crippen molar-refractivity contribution in [2.45, 2.75) is 25.3 Å². The Labute approximate surface area is 197 Å². The maximum absolute atomic E-state index is 12.9. The first-order valence-corrected chi connectivity index (χ1v) is 11.3. The molecule has 4 rings (SSSR count). The summed E-state index contributed by atoms with van der Waals surface area (Å²) in [5.41, 5.74) is 4.47. The van der Waals surface area contributed by atoms with Gasteiger partial charge in [0.05, 0.1) is 12.3 Å². The molecule has 3 amide bonds. The lowest BCUT2D eigenvalue weighted by molar-refractivity contribution is -0.150. The average molecular weight is 466 g/mol. The zero-order valence-electron chi connectivity index (χ0n) is 18.8.